The van der Waals surface area contributed by atoms with Crippen molar-refractivity contribution in [2.45, 2.75) is 12.7 Å². The lowest BCUT2D eigenvalue weighted by Crippen LogP contribution is -2.39. The number of anilines is 1. The van der Waals surface area contributed by atoms with Gasteiger partial charge in [0.25, 0.3) is 0 Å². The first kappa shape index (κ1) is 21.3. The van der Waals surface area contributed by atoms with Crippen LogP contribution in [0.4, 0.5) is 23.7 Å². The Hall–Kier alpha value is -3.40. The molecule has 7 nitrogen and oxygen atoms in total. The molecule has 0 spiro atoms. The van der Waals surface area contributed by atoms with E-state index < -0.39 is 47.7 Å². The number of amides is 5. The maximum atomic E-state index is 13.1. The first-order chi connectivity index (χ1) is 14.1. The van der Waals surface area contributed by atoms with Crippen LogP contribution >= 0.6 is 11.6 Å². The molecule has 0 bridgehead atoms. The van der Waals surface area contributed by atoms with Crippen LogP contribution in [0.15, 0.2) is 48.5 Å². The smallest absolute Gasteiger partial charge is 0.324 e. The van der Waals surface area contributed by atoms with Crippen LogP contribution in [0.3, 0.4) is 0 Å². The summed E-state index contributed by atoms with van der Waals surface area (Å²) in [7, 11) is 0. The number of rotatable bonds is 5. The molecule has 0 aromatic heterocycles. The van der Waals surface area contributed by atoms with Crippen molar-refractivity contribution in [1.29, 1.82) is 0 Å². The van der Waals surface area contributed by atoms with E-state index in [0.29, 0.717) is 21.4 Å². The fourth-order valence-corrected chi connectivity index (χ4v) is 2.96. The second kappa shape index (κ2) is 8.15. The highest BCUT2D eigenvalue weighted by Gasteiger charge is 2.45. The minimum atomic E-state index is -4.80. The topological polar surface area (TPSA) is 86.8 Å². The van der Waals surface area contributed by atoms with Gasteiger partial charge in [0.15, 0.2) is 0 Å². The molecule has 156 valence electrons. The van der Waals surface area contributed by atoms with Gasteiger partial charge >= 0.3 is 24.0 Å². The molecule has 0 radical (unpaired) electrons. The lowest BCUT2D eigenvalue weighted by Gasteiger charge is -2.17. The number of hydrogen-bond acceptors (Lipinski definition) is 4. The summed E-state index contributed by atoms with van der Waals surface area (Å²) in [5.74, 6) is -3.45. The number of alkyl halides is 3. The van der Waals surface area contributed by atoms with Crippen LogP contribution in [0, 0.1) is 0 Å². The zero-order valence-corrected chi connectivity index (χ0v) is 15.8. The number of benzene rings is 2. The van der Waals surface area contributed by atoms with E-state index in [9.17, 15) is 32.3 Å². The number of carbonyl (C=O) groups excluding carboxylic acids is 4. The SMILES string of the molecule is O=C(CN1C(=O)C(=O)N(Cc2ccccc2)C1=O)Nc1ccc(Cl)cc1C(F)(F)F. The fourth-order valence-electron chi connectivity index (χ4n) is 2.79. The number of urea groups is 1. The molecule has 1 heterocycles. The van der Waals surface area contributed by atoms with E-state index in [2.05, 4.69) is 0 Å². The third-order valence-corrected chi connectivity index (χ3v) is 4.42. The van der Waals surface area contributed by atoms with Crippen molar-refractivity contribution >= 4 is 41.0 Å². The van der Waals surface area contributed by atoms with Gasteiger partial charge in [-0.3, -0.25) is 19.3 Å². The van der Waals surface area contributed by atoms with Gasteiger partial charge in [-0.1, -0.05) is 41.9 Å². The Labute approximate surface area is 173 Å². The standard InChI is InChI=1S/C19H13ClF3N3O4/c20-12-6-7-14(13(8-12)19(21,22)23)24-15(27)10-26-17(29)16(28)25(18(26)30)9-11-4-2-1-3-5-11/h1-8H,9-10H2,(H,24,27). The van der Waals surface area contributed by atoms with Crippen molar-refractivity contribution in [3.63, 3.8) is 0 Å². The largest absolute Gasteiger partial charge is 0.418 e. The lowest BCUT2D eigenvalue weighted by molar-refractivity contribution is -0.143. The van der Waals surface area contributed by atoms with Crippen molar-refractivity contribution in [1.82, 2.24) is 9.80 Å². The summed E-state index contributed by atoms with van der Waals surface area (Å²) in [6.45, 7) is -1.10. The molecule has 5 amide bonds. The minimum Gasteiger partial charge on any atom is -0.324 e. The molecule has 0 unspecified atom stereocenters. The zero-order valence-electron chi connectivity index (χ0n) is 15.1. The molecule has 3 rings (SSSR count). The summed E-state index contributed by atoms with van der Waals surface area (Å²) < 4.78 is 39.4. The molecular weight excluding hydrogens is 427 g/mol. The first-order valence-electron chi connectivity index (χ1n) is 8.46. The Bertz CT molecular complexity index is 1030. The average molecular weight is 440 g/mol. The fraction of sp³-hybridized carbons (Fsp3) is 0.158. The molecule has 0 aliphatic carbocycles. The van der Waals surface area contributed by atoms with E-state index >= 15 is 0 Å². The predicted octanol–water partition coefficient (Wildman–Crippen LogP) is 3.29. The van der Waals surface area contributed by atoms with Gasteiger partial charge in [-0.15, -0.1) is 0 Å². The Morgan fingerprint density at radius 2 is 1.60 bits per heavy atom. The minimum absolute atomic E-state index is 0.183. The molecular formula is C19H13ClF3N3O4. The summed E-state index contributed by atoms with van der Waals surface area (Å²) >= 11 is 5.58. The van der Waals surface area contributed by atoms with Gasteiger partial charge in [0.05, 0.1) is 17.8 Å². The summed E-state index contributed by atoms with van der Waals surface area (Å²) in [5.41, 5.74) is -1.21. The van der Waals surface area contributed by atoms with Gasteiger partial charge in [0.1, 0.15) is 6.54 Å². The molecule has 11 heteroatoms. The Kier molecular flexibility index (Phi) is 5.79. The van der Waals surface area contributed by atoms with Crippen molar-refractivity contribution in [2.24, 2.45) is 0 Å². The number of carbonyl (C=O) groups is 4. The van der Waals surface area contributed by atoms with Crippen LogP contribution in [-0.2, 0) is 27.1 Å². The summed E-state index contributed by atoms with van der Waals surface area (Å²) in [6.07, 6.45) is -4.80. The highest BCUT2D eigenvalue weighted by atomic mass is 35.5. The van der Waals surface area contributed by atoms with Crippen LogP contribution < -0.4 is 5.32 Å². The van der Waals surface area contributed by atoms with Crippen LogP contribution in [0.1, 0.15) is 11.1 Å². The lowest BCUT2D eigenvalue weighted by atomic mass is 10.1. The Morgan fingerprint density at radius 3 is 2.23 bits per heavy atom. The van der Waals surface area contributed by atoms with Crippen molar-refractivity contribution in [2.75, 3.05) is 11.9 Å². The average Bonchev–Trinajstić information content (AvgIpc) is 2.87. The predicted molar refractivity (Wildman–Crippen MR) is 99.2 cm³/mol. The zero-order chi connectivity index (χ0) is 22.1. The molecule has 1 aliphatic rings. The third kappa shape index (κ3) is 4.43. The van der Waals surface area contributed by atoms with E-state index in [0.717, 1.165) is 12.1 Å². The summed E-state index contributed by atoms with van der Waals surface area (Å²) in [4.78, 5) is 49.9. The molecule has 1 aliphatic heterocycles. The van der Waals surface area contributed by atoms with Gasteiger partial charge in [-0.2, -0.15) is 13.2 Å². The summed E-state index contributed by atoms with van der Waals surface area (Å²) in [5, 5.41) is 1.81. The molecule has 0 saturated carbocycles. The van der Waals surface area contributed by atoms with Gasteiger partial charge in [0, 0.05) is 5.02 Å². The van der Waals surface area contributed by atoms with E-state index in [1.165, 1.54) is 0 Å². The number of nitrogens with one attached hydrogen (secondary N) is 1. The molecule has 0 atom stereocenters. The van der Waals surface area contributed by atoms with Crippen molar-refractivity contribution < 1.29 is 32.3 Å². The Balaban J connectivity index is 1.74. The van der Waals surface area contributed by atoms with Gasteiger partial charge in [0.2, 0.25) is 5.91 Å². The molecule has 2 aromatic rings. The maximum absolute atomic E-state index is 13.1. The van der Waals surface area contributed by atoms with Crippen LogP contribution in [0.5, 0.6) is 0 Å². The third-order valence-electron chi connectivity index (χ3n) is 4.18. The van der Waals surface area contributed by atoms with E-state index in [1.54, 1.807) is 30.3 Å². The molecule has 2 aromatic carbocycles. The monoisotopic (exact) mass is 439 g/mol. The van der Waals surface area contributed by atoms with E-state index in [-0.39, 0.29) is 11.6 Å². The van der Waals surface area contributed by atoms with Crippen molar-refractivity contribution in [3.05, 3.63) is 64.7 Å². The summed E-state index contributed by atoms with van der Waals surface area (Å²) in [6, 6.07) is 10.1. The highest BCUT2D eigenvalue weighted by molar-refractivity contribution is 6.45. The Morgan fingerprint density at radius 1 is 0.967 bits per heavy atom. The number of hydrogen-bond donors (Lipinski definition) is 1. The van der Waals surface area contributed by atoms with E-state index in [4.69, 9.17) is 11.6 Å². The quantitative estimate of drug-likeness (QED) is 0.572. The van der Waals surface area contributed by atoms with Crippen LogP contribution in [-0.4, -0.2) is 40.1 Å². The molecule has 30 heavy (non-hydrogen) atoms. The highest BCUT2D eigenvalue weighted by Crippen LogP contribution is 2.36. The first-order valence-corrected chi connectivity index (χ1v) is 8.83. The number of imide groups is 2. The van der Waals surface area contributed by atoms with Crippen molar-refractivity contribution in [3.8, 4) is 0 Å². The number of halogens is 4. The molecule has 1 saturated heterocycles. The van der Waals surface area contributed by atoms with Gasteiger partial charge in [-0.05, 0) is 23.8 Å². The maximum Gasteiger partial charge on any atom is 0.418 e. The molecule has 1 N–H and O–H groups in total. The second-order valence-corrected chi connectivity index (χ2v) is 6.72. The number of nitrogens with zero attached hydrogens (tertiary/aromatic N) is 2. The van der Waals surface area contributed by atoms with Crippen LogP contribution in [0.2, 0.25) is 5.02 Å². The van der Waals surface area contributed by atoms with Gasteiger partial charge in [-0.25, -0.2) is 9.69 Å². The van der Waals surface area contributed by atoms with Gasteiger partial charge < -0.3 is 5.32 Å². The molecule has 1 fully saturated rings. The normalized spacial score (nSPS) is 14.5. The second-order valence-electron chi connectivity index (χ2n) is 6.29. The van der Waals surface area contributed by atoms with Crippen LogP contribution in [0.25, 0.3) is 0 Å². The van der Waals surface area contributed by atoms with E-state index in [1.807, 2.05) is 5.32 Å².